The fourth-order valence-corrected chi connectivity index (χ4v) is 7.57. The number of rotatable bonds is 4. The molecule has 5 unspecified atom stereocenters. The smallest absolute Gasteiger partial charge is 0.410 e. The molecular weight excluding hydrogens is 576 g/mol. The van der Waals surface area contributed by atoms with E-state index in [1.807, 2.05) is 36.4 Å². The summed E-state index contributed by atoms with van der Waals surface area (Å²) >= 11 is 0. The first-order valence-corrected chi connectivity index (χ1v) is 16.6. The van der Waals surface area contributed by atoms with Crippen LogP contribution in [0.25, 0.3) is 0 Å². The van der Waals surface area contributed by atoms with E-state index >= 15 is 0 Å². The minimum Gasteiger partial charge on any atom is -0.444 e. The van der Waals surface area contributed by atoms with Crippen LogP contribution < -0.4 is 10.0 Å². The Bertz CT molecular complexity index is 1420. The molecular formula is C30H38N4O8S. The van der Waals surface area contributed by atoms with Crippen LogP contribution in [0.4, 0.5) is 4.79 Å². The largest absolute Gasteiger partial charge is 0.444 e. The van der Waals surface area contributed by atoms with Gasteiger partial charge in [0.25, 0.3) is 11.8 Å². The van der Waals surface area contributed by atoms with Crippen LogP contribution in [0.2, 0.25) is 0 Å². The molecule has 0 aromatic heterocycles. The van der Waals surface area contributed by atoms with E-state index in [0.29, 0.717) is 32.5 Å². The Hall–Kier alpha value is -3.45. The summed E-state index contributed by atoms with van der Waals surface area (Å²) in [5.41, 5.74) is 0.640. The Morgan fingerprint density at radius 2 is 1.84 bits per heavy atom. The van der Waals surface area contributed by atoms with Gasteiger partial charge in [-0.3, -0.25) is 24.0 Å². The Morgan fingerprint density at radius 1 is 1.12 bits per heavy atom. The standard InChI is InChI=1S/C30H38N4O8S/c1-19-27(36)34-18-23(42-29(38)33-16-20-8-5-6-9-21(20)17-33)14-25(34)26(35)31-30(28(37)32-43(39,40)24-11-12-24)15-22(30)10-4-2-3-7-13-41-19/h4-6,8-10,19,22-25H,2-3,7,11-18H2,1H3,(H,31,35)(H,32,37). The topological polar surface area (TPSA) is 151 Å². The highest BCUT2D eigenvalue weighted by atomic mass is 32.2. The van der Waals surface area contributed by atoms with Crippen molar-refractivity contribution < 1.29 is 37.1 Å². The molecule has 1 saturated heterocycles. The zero-order chi connectivity index (χ0) is 30.4. The van der Waals surface area contributed by atoms with Crippen molar-refractivity contribution in [3.8, 4) is 0 Å². The van der Waals surface area contributed by atoms with Crippen LogP contribution in [0.3, 0.4) is 0 Å². The second-order valence-corrected chi connectivity index (χ2v) is 14.2. The van der Waals surface area contributed by atoms with Gasteiger partial charge in [-0.05, 0) is 56.6 Å². The molecule has 3 aliphatic heterocycles. The second kappa shape index (κ2) is 11.6. The average Bonchev–Trinajstić information content (AvgIpc) is 3.86. The molecule has 3 fully saturated rings. The quantitative estimate of drug-likeness (QED) is 0.487. The molecule has 43 heavy (non-hydrogen) atoms. The zero-order valence-corrected chi connectivity index (χ0v) is 25.0. The third kappa shape index (κ3) is 6.14. The van der Waals surface area contributed by atoms with E-state index in [2.05, 4.69) is 10.0 Å². The predicted molar refractivity (Wildman–Crippen MR) is 154 cm³/mol. The number of nitrogens with one attached hydrogen (secondary N) is 2. The summed E-state index contributed by atoms with van der Waals surface area (Å²) in [6, 6.07) is 6.71. The fraction of sp³-hybridized carbons (Fsp3) is 0.600. The van der Waals surface area contributed by atoms with Crippen molar-refractivity contribution in [2.24, 2.45) is 5.92 Å². The maximum atomic E-state index is 13.8. The van der Waals surface area contributed by atoms with Gasteiger partial charge in [0.1, 0.15) is 23.8 Å². The second-order valence-electron chi connectivity index (χ2n) is 12.3. The first kappa shape index (κ1) is 29.6. The summed E-state index contributed by atoms with van der Waals surface area (Å²) in [6.45, 7) is 2.82. The molecule has 2 aliphatic carbocycles. The summed E-state index contributed by atoms with van der Waals surface area (Å²) in [5.74, 6) is -2.17. The van der Waals surface area contributed by atoms with Crippen LogP contribution in [0.15, 0.2) is 36.4 Å². The highest BCUT2D eigenvalue weighted by molar-refractivity contribution is 7.91. The fourth-order valence-electron chi connectivity index (χ4n) is 6.21. The van der Waals surface area contributed by atoms with Gasteiger partial charge in [-0.2, -0.15) is 0 Å². The highest BCUT2D eigenvalue weighted by Gasteiger charge is 2.62. The van der Waals surface area contributed by atoms with Crippen molar-refractivity contribution in [3.63, 3.8) is 0 Å². The Balaban J connectivity index is 1.20. The maximum absolute atomic E-state index is 13.8. The van der Waals surface area contributed by atoms with E-state index in [-0.39, 0.29) is 25.3 Å². The first-order chi connectivity index (χ1) is 20.6. The van der Waals surface area contributed by atoms with Crippen molar-refractivity contribution >= 4 is 33.8 Å². The van der Waals surface area contributed by atoms with Crippen LogP contribution in [0, 0.1) is 5.92 Å². The van der Waals surface area contributed by atoms with Crippen molar-refractivity contribution in [2.75, 3.05) is 13.2 Å². The predicted octanol–water partition coefficient (Wildman–Crippen LogP) is 1.74. The third-order valence-electron chi connectivity index (χ3n) is 9.03. The molecule has 2 N–H and O–H groups in total. The number of carbonyl (C=O) groups excluding carboxylic acids is 4. The Labute approximate surface area is 251 Å². The van der Waals surface area contributed by atoms with Crippen molar-refractivity contribution in [1.29, 1.82) is 0 Å². The highest BCUT2D eigenvalue weighted by Crippen LogP contribution is 2.46. The average molecular weight is 615 g/mol. The SMILES string of the molecule is CC1OCCCCC=CC2CC2(C(=O)NS(=O)(=O)C2CC2)NC(=O)C2CC(OC(=O)N3Cc4ccccc4C3)CN2C1=O. The Kier molecular flexibility index (Phi) is 7.97. The number of amides is 4. The van der Waals surface area contributed by atoms with Gasteiger partial charge in [0.15, 0.2) is 0 Å². The van der Waals surface area contributed by atoms with E-state index in [0.717, 1.165) is 30.4 Å². The number of fused-ring (bicyclic) bond motifs is 3. The summed E-state index contributed by atoms with van der Waals surface area (Å²) in [6.07, 6.45) is 5.19. The van der Waals surface area contributed by atoms with Gasteiger partial charge >= 0.3 is 6.09 Å². The summed E-state index contributed by atoms with van der Waals surface area (Å²) in [7, 11) is -3.83. The van der Waals surface area contributed by atoms with Crippen molar-refractivity contribution in [1.82, 2.24) is 19.8 Å². The molecule has 5 atom stereocenters. The molecule has 0 bridgehead atoms. The van der Waals surface area contributed by atoms with E-state index in [4.69, 9.17) is 9.47 Å². The molecule has 4 amide bonds. The lowest BCUT2D eigenvalue weighted by Crippen LogP contribution is -2.57. The summed E-state index contributed by atoms with van der Waals surface area (Å²) in [4.78, 5) is 56.8. The van der Waals surface area contributed by atoms with Gasteiger partial charge in [-0.1, -0.05) is 36.4 Å². The Morgan fingerprint density at radius 3 is 2.53 bits per heavy atom. The molecule has 1 aromatic carbocycles. The van der Waals surface area contributed by atoms with E-state index in [9.17, 15) is 27.6 Å². The minimum atomic E-state index is -3.83. The van der Waals surface area contributed by atoms with Crippen molar-refractivity contribution in [2.45, 2.75) is 94.0 Å². The van der Waals surface area contributed by atoms with Gasteiger partial charge in [-0.15, -0.1) is 0 Å². The van der Waals surface area contributed by atoms with Crippen LogP contribution in [0.5, 0.6) is 0 Å². The van der Waals surface area contributed by atoms with Crippen LogP contribution >= 0.6 is 0 Å². The van der Waals surface area contributed by atoms with E-state index in [1.54, 1.807) is 11.8 Å². The molecule has 13 heteroatoms. The first-order valence-electron chi connectivity index (χ1n) is 15.1. The van der Waals surface area contributed by atoms with Gasteiger partial charge in [-0.25, -0.2) is 13.2 Å². The summed E-state index contributed by atoms with van der Waals surface area (Å²) < 4.78 is 39.0. The number of allylic oxidation sites excluding steroid dienone is 1. The third-order valence-corrected chi connectivity index (χ3v) is 10.8. The number of nitrogens with zero attached hydrogens (tertiary/aromatic N) is 2. The van der Waals surface area contributed by atoms with Gasteiger partial charge < -0.3 is 19.7 Å². The van der Waals surface area contributed by atoms with Crippen LogP contribution in [0.1, 0.15) is 63.0 Å². The molecule has 2 saturated carbocycles. The van der Waals surface area contributed by atoms with Gasteiger partial charge in [0, 0.05) is 32.0 Å². The number of carbonyl (C=O) groups is 4. The summed E-state index contributed by atoms with van der Waals surface area (Å²) in [5, 5.41) is 2.22. The van der Waals surface area contributed by atoms with E-state index < -0.39 is 62.9 Å². The number of hydrogen-bond acceptors (Lipinski definition) is 8. The molecule has 1 aromatic rings. The lowest BCUT2D eigenvalue weighted by atomic mass is 10.1. The van der Waals surface area contributed by atoms with E-state index in [1.165, 1.54) is 4.90 Å². The number of benzene rings is 1. The molecule has 12 nitrogen and oxygen atoms in total. The lowest BCUT2D eigenvalue weighted by molar-refractivity contribution is -0.147. The maximum Gasteiger partial charge on any atom is 0.410 e. The van der Waals surface area contributed by atoms with Crippen molar-refractivity contribution in [3.05, 3.63) is 47.5 Å². The van der Waals surface area contributed by atoms with Crippen LogP contribution in [-0.4, -0.2) is 84.2 Å². The monoisotopic (exact) mass is 614 g/mol. The normalized spacial score (nSPS) is 31.2. The minimum absolute atomic E-state index is 0.00423. The molecule has 6 rings (SSSR count). The number of ether oxygens (including phenoxy) is 2. The molecule has 232 valence electrons. The van der Waals surface area contributed by atoms with Gasteiger partial charge in [0.2, 0.25) is 15.9 Å². The number of sulfonamides is 1. The molecule has 5 aliphatic rings. The molecule has 0 radical (unpaired) electrons. The lowest BCUT2D eigenvalue weighted by Gasteiger charge is -2.28. The molecule has 3 heterocycles. The number of hydrogen-bond donors (Lipinski definition) is 2. The van der Waals surface area contributed by atoms with Gasteiger partial charge in [0.05, 0.1) is 11.8 Å². The zero-order valence-electron chi connectivity index (χ0n) is 24.2. The van der Waals surface area contributed by atoms with Crippen LogP contribution in [-0.2, 0) is 47.0 Å². The molecule has 0 spiro atoms.